The average Bonchev–Trinajstić information content (AvgIpc) is 2.57. The van der Waals surface area contributed by atoms with Crippen LogP contribution in [0.25, 0.3) is 0 Å². The Kier molecular flexibility index (Phi) is 6.67. The molecule has 26 heavy (non-hydrogen) atoms. The van der Waals surface area contributed by atoms with Crippen molar-refractivity contribution in [3.63, 3.8) is 0 Å². The molecule has 2 aromatic rings. The molecule has 2 rings (SSSR count). The summed E-state index contributed by atoms with van der Waals surface area (Å²) >= 11 is 0. The van der Waals surface area contributed by atoms with Crippen molar-refractivity contribution in [3.8, 4) is 0 Å². The van der Waals surface area contributed by atoms with Crippen LogP contribution >= 0.6 is 0 Å². The van der Waals surface area contributed by atoms with E-state index in [1.165, 1.54) is 0 Å². The third-order valence-corrected chi connectivity index (χ3v) is 3.80. The molecule has 0 saturated carbocycles. The van der Waals surface area contributed by atoms with Gasteiger partial charge < -0.3 is 10.1 Å². The van der Waals surface area contributed by atoms with Crippen LogP contribution in [0, 0.1) is 20.8 Å². The minimum atomic E-state index is -0.568. The molecule has 0 fully saturated rings. The quantitative estimate of drug-likeness (QED) is 0.608. The molecular weight excluding hydrogens is 330 g/mol. The van der Waals surface area contributed by atoms with Crippen molar-refractivity contribution < 1.29 is 19.1 Å². The molecule has 0 atom stereocenters. The van der Waals surface area contributed by atoms with E-state index >= 15 is 0 Å². The standard InChI is InChI=1S/C21H23NO4/c1-14-4-6-17(7-5-14)19(23)8-9-21(25)26-13-20(24)22-18-11-15(2)10-16(3)12-18/h4-7,10-12H,8-9,13H2,1-3H3,(H,22,24). The zero-order chi connectivity index (χ0) is 19.1. The van der Waals surface area contributed by atoms with Crippen molar-refractivity contribution in [1.82, 2.24) is 0 Å². The monoisotopic (exact) mass is 353 g/mol. The Hall–Kier alpha value is -2.95. The largest absolute Gasteiger partial charge is 0.456 e. The maximum Gasteiger partial charge on any atom is 0.306 e. The summed E-state index contributed by atoms with van der Waals surface area (Å²) < 4.78 is 4.94. The van der Waals surface area contributed by atoms with Gasteiger partial charge in [-0.3, -0.25) is 14.4 Å². The summed E-state index contributed by atoms with van der Waals surface area (Å²) in [5.41, 5.74) is 4.36. The van der Waals surface area contributed by atoms with Crippen molar-refractivity contribution in [2.45, 2.75) is 33.6 Å². The van der Waals surface area contributed by atoms with Gasteiger partial charge in [0.1, 0.15) is 0 Å². The lowest BCUT2D eigenvalue weighted by Gasteiger charge is -2.08. The highest BCUT2D eigenvalue weighted by atomic mass is 16.5. The van der Waals surface area contributed by atoms with Gasteiger partial charge in [0.05, 0.1) is 6.42 Å². The normalized spacial score (nSPS) is 10.3. The fraction of sp³-hybridized carbons (Fsp3) is 0.286. The smallest absolute Gasteiger partial charge is 0.306 e. The first kappa shape index (κ1) is 19.4. The second-order valence-electron chi connectivity index (χ2n) is 6.37. The van der Waals surface area contributed by atoms with Crippen LogP contribution < -0.4 is 5.32 Å². The first-order valence-electron chi connectivity index (χ1n) is 8.47. The van der Waals surface area contributed by atoms with E-state index in [1.807, 2.05) is 51.1 Å². The number of aryl methyl sites for hydroxylation is 3. The van der Waals surface area contributed by atoms with Crippen LogP contribution in [0.5, 0.6) is 0 Å². The van der Waals surface area contributed by atoms with E-state index in [4.69, 9.17) is 4.74 Å². The number of ether oxygens (including phenoxy) is 1. The maximum absolute atomic E-state index is 12.0. The number of hydrogen-bond donors (Lipinski definition) is 1. The first-order valence-corrected chi connectivity index (χ1v) is 8.47. The third-order valence-electron chi connectivity index (χ3n) is 3.80. The molecule has 0 heterocycles. The van der Waals surface area contributed by atoms with E-state index in [0.717, 1.165) is 16.7 Å². The lowest BCUT2D eigenvalue weighted by molar-refractivity contribution is -0.147. The Labute approximate surface area is 153 Å². The third kappa shape index (κ3) is 6.16. The number of Topliss-reactive ketones (excluding diaryl/α,β-unsaturated/α-hetero) is 1. The summed E-state index contributed by atoms with van der Waals surface area (Å²) in [5.74, 6) is -1.10. The van der Waals surface area contributed by atoms with Gasteiger partial charge in [0.25, 0.3) is 5.91 Å². The van der Waals surface area contributed by atoms with E-state index < -0.39 is 11.9 Å². The van der Waals surface area contributed by atoms with E-state index in [0.29, 0.717) is 11.3 Å². The summed E-state index contributed by atoms with van der Waals surface area (Å²) in [4.78, 5) is 35.6. The number of anilines is 1. The second-order valence-corrected chi connectivity index (χ2v) is 6.37. The lowest BCUT2D eigenvalue weighted by atomic mass is 10.1. The van der Waals surface area contributed by atoms with Crippen LogP contribution in [0.2, 0.25) is 0 Å². The van der Waals surface area contributed by atoms with Gasteiger partial charge in [-0.25, -0.2) is 0 Å². The molecule has 2 aromatic carbocycles. The topological polar surface area (TPSA) is 72.5 Å². The molecule has 0 aliphatic heterocycles. The highest BCUT2D eigenvalue weighted by molar-refractivity contribution is 5.98. The van der Waals surface area contributed by atoms with Gasteiger partial charge in [0, 0.05) is 17.7 Å². The second kappa shape index (κ2) is 8.94. The zero-order valence-corrected chi connectivity index (χ0v) is 15.3. The van der Waals surface area contributed by atoms with Gasteiger partial charge >= 0.3 is 5.97 Å². The number of hydrogen-bond acceptors (Lipinski definition) is 4. The SMILES string of the molecule is Cc1ccc(C(=O)CCC(=O)OCC(=O)Nc2cc(C)cc(C)c2)cc1. The van der Waals surface area contributed by atoms with Gasteiger partial charge in [-0.2, -0.15) is 0 Å². The van der Waals surface area contributed by atoms with E-state index in [9.17, 15) is 14.4 Å². The summed E-state index contributed by atoms with van der Waals surface area (Å²) in [6.07, 6.45) is 0.00410. The minimum Gasteiger partial charge on any atom is -0.456 e. The number of ketones is 1. The summed E-state index contributed by atoms with van der Waals surface area (Å²) in [6, 6.07) is 12.9. The predicted octanol–water partition coefficient (Wildman–Crippen LogP) is 3.76. The Morgan fingerprint density at radius 3 is 2.08 bits per heavy atom. The van der Waals surface area contributed by atoms with Crippen LogP contribution in [0.1, 0.15) is 39.9 Å². The van der Waals surface area contributed by atoms with Gasteiger partial charge in [-0.15, -0.1) is 0 Å². The number of carbonyl (C=O) groups excluding carboxylic acids is 3. The Bertz CT molecular complexity index is 789. The molecule has 0 aliphatic rings. The molecule has 0 unspecified atom stereocenters. The van der Waals surface area contributed by atoms with Crippen LogP contribution in [0.15, 0.2) is 42.5 Å². The number of benzene rings is 2. The number of rotatable bonds is 7. The number of nitrogens with one attached hydrogen (secondary N) is 1. The maximum atomic E-state index is 12.0. The molecular formula is C21H23NO4. The fourth-order valence-electron chi connectivity index (χ4n) is 2.56. The van der Waals surface area contributed by atoms with Gasteiger partial charge in [-0.1, -0.05) is 35.9 Å². The van der Waals surface area contributed by atoms with Crippen molar-refractivity contribution in [3.05, 3.63) is 64.7 Å². The van der Waals surface area contributed by atoms with Gasteiger partial charge in [0.2, 0.25) is 0 Å². The molecule has 0 saturated heterocycles. The Morgan fingerprint density at radius 2 is 1.46 bits per heavy atom. The van der Waals surface area contributed by atoms with Gasteiger partial charge in [-0.05, 0) is 44.0 Å². The molecule has 0 aromatic heterocycles. The van der Waals surface area contributed by atoms with Crippen molar-refractivity contribution >= 4 is 23.3 Å². The van der Waals surface area contributed by atoms with Crippen LogP contribution in [0.3, 0.4) is 0 Å². The van der Waals surface area contributed by atoms with Gasteiger partial charge in [0.15, 0.2) is 12.4 Å². The molecule has 136 valence electrons. The highest BCUT2D eigenvalue weighted by Gasteiger charge is 2.12. The summed E-state index contributed by atoms with van der Waals surface area (Å²) in [6.45, 7) is 5.45. The van der Waals surface area contributed by atoms with Crippen molar-refractivity contribution in [2.75, 3.05) is 11.9 Å². The number of carbonyl (C=O) groups is 3. The summed E-state index contributed by atoms with van der Waals surface area (Å²) in [7, 11) is 0. The predicted molar refractivity (Wildman–Crippen MR) is 100 cm³/mol. The molecule has 0 bridgehead atoms. The van der Waals surface area contributed by atoms with Crippen LogP contribution in [-0.4, -0.2) is 24.3 Å². The van der Waals surface area contributed by atoms with E-state index in [-0.39, 0.29) is 25.2 Å². The minimum absolute atomic E-state index is 0.0520. The molecule has 1 amide bonds. The Morgan fingerprint density at radius 1 is 0.846 bits per heavy atom. The molecule has 1 N–H and O–H groups in total. The summed E-state index contributed by atoms with van der Waals surface area (Å²) in [5, 5.41) is 2.69. The molecule has 0 aliphatic carbocycles. The highest BCUT2D eigenvalue weighted by Crippen LogP contribution is 2.13. The lowest BCUT2D eigenvalue weighted by Crippen LogP contribution is -2.21. The average molecular weight is 353 g/mol. The zero-order valence-electron chi connectivity index (χ0n) is 15.3. The van der Waals surface area contributed by atoms with Crippen LogP contribution in [-0.2, 0) is 14.3 Å². The fourth-order valence-corrected chi connectivity index (χ4v) is 2.56. The van der Waals surface area contributed by atoms with E-state index in [1.54, 1.807) is 12.1 Å². The molecule has 5 nitrogen and oxygen atoms in total. The number of esters is 1. The van der Waals surface area contributed by atoms with Crippen molar-refractivity contribution in [2.24, 2.45) is 0 Å². The number of amides is 1. The molecule has 0 spiro atoms. The molecule has 0 radical (unpaired) electrons. The van der Waals surface area contributed by atoms with E-state index in [2.05, 4.69) is 5.32 Å². The van der Waals surface area contributed by atoms with Crippen LogP contribution in [0.4, 0.5) is 5.69 Å². The first-order chi connectivity index (χ1) is 12.3. The molecule has 5 heteroatoms. The Balaban J connectivity index is 1.74. The van der Waals surface area contributed by atoms with Crippen molar-refractivity contribution in [1.29, 1.82) is 0 Å².